The number of ether oxygens (including phenoxy) is 1. The Kier molecular flexibility index (Phi) is 5.96. The van der Waals surface area contributed by atoms with E-state index >= 15 is 0 Å². The van der Waals surface area contributed by atoms with Crippen LogP contribution in [-0.2, 0) is 11.3 Å². The second-order valence-corrected chi connectivity index (χ2v) is 6.72. The van der Waals surface area contributed by atoms with Crippen molar-refractivity contribution in [2.75, 3.05) is 25.2 Å². The Morgan fingerprint density at radius 1 is 1.29 bits per heavy atom. The molecule has 3 N–H and O–H groups in total. The van der Waals surface area contributed by atoms with Gasteiger partial charge < -0.3 is 20.4 Å². The summed E-state index contributed by atoms with van der Waals surface area (Å²) in [5.74, 6) is -1.44. The Hall–Kier alpha value is -2.90. The van der Waals surface area contributed by atoms with E-state index in [1.54, 1.807) is 25.3 Å². The van der Waals surface area contributed by atoms with Crippen LogP contribution >= 0.6 is 11.6 Å². The van der Waals surface area contributed by atoms with Crippen LogP contribution in [0.4, 0.5) is 10.1 Å². The summed E-state index contributed by atoms with van der Waals surface area (Å²) in [6, 6.07) is 9.93. The number of benzene rings is 2. The van der Waals surface area contributed by atoms with Gasteiger partial charge in [-0.05, 0) is 29.8 Å². The lowest BCUT2D eigenvalue weighted by Gasteiger charge is -2.25. The maximum atomic E-state index is 14.9. The van der Waals surface area contributed by atoms with Gasteiger partial charge in [0.15, 0.2) is 0 Å². The van der Waals surface area contributed by atoms with Crippen LogP contribution in [0.2, 0.25) is 5.02 Å². The molecule has 0 fully saturated rings. The van der Waals surface area contributed by atoms with E-state index in [1.807, 2.05) is 17.0 Å². The molecular formula is C20H19ClFN3O3. The molecule has 28 heavy (non-hydrogen) atoms. The molecule has 0 bridgehead atoms. The topological polar surface area (TPSA) is 88.4 Å². The number of aromatic amines is 1. The van der Waals surface area contributed by atoms with Crippen molar-refractivity contribution in [2.45, 2.75) is 6.54 Å². The van der Waals surface area contributed by atoms with Crippen LogP contribution < -0.4 is 16.1 Å². The summed E-state index contributed by atoms with van der Waals surface area (Å²) >= 11 is 5.93. The molecule has 3 aromatic rings. The first kappa shape index (κ1) is 19.9. The number of aromatic nitrogens is 1. The third-order valence-electron chi connectivity index (χ3n) is 4.41. The van der Waals surface area contributed by atoms with Gasteiger partial charge in [0.1, 0.15) is 11.4 Å². The Balaban J connectivity index is 2.04. The monoisotopic (exact) mass is 403 g/mol. The maximum Gasteiger partial charge on any atom is 0.254 e. The number of rotatable bonds is 7. The van der Waals surface area contributed by atoms with Gasteiger partial charge in [0.2, 0.25) is 5.43 Å². The van der Waals surface area contributed by atoms with Gasteiger partial charge in [-0.25, -0.2) is 4.39 Å². The van der Waals surface area contributed by atoms with E-state index in [9.17, 15) is 14.0 Å². The van der Waals surface area contributed by atoms with Crippen LogP contribution in [0, 0.1) is 5.82 Å². The molecule has 0 aliphatic heterocycles. The molecule has 146 valence electrons. The highest BCUT2D eigenvalue weighted by molar-refractivity contribution is 6.30. The Morgan fingerprint density at radius 2 is 2.00 bits per heavy atom. The van der Waals surface area contributed by atoms with E-state index in [2.05, 4.69) is 4.98 Å². The van der Waals surface area contributed by atoms with E-state index < -0.39 is 17.2 Å². The minimum atomic E-state index is -0.864. The lowest BCUT2D eigenvalue weighted by molar-refractivity contribution is 0.0999. The molecule has 6 nitrogen and oxygen atoms in total. The van der Waals surface area contributed by atoms with Crippen molar-refractivity contribution in [3.63, 3.8) is 0 Å². The molecule has 0 saturated carbocycles. The summed E-state index contributed by atoms with van der Waals surface area (Å²) in [4.78, 5) is 28.4. The lowest BCUT2D eigenvalue weighted by Crippen LogP contribution is -2.28. The van der Waals surface area contributed by atoms with Gasteiger partial charge in [-0.2, -0.15) is 0 Å². The molecule has 0 radical (unpaired) electrons. The number of carbonyl (C=O) groups is 1. The van der Waals surface area contributed by atoms with E-state index in [4.69, 9.17) is 22.1 Å². The third kappa shape index (κ3) is 4.16. The van der Waals surface area contributed by atoms with Crippen molar-refractivity contribution >= 4 is 34.1 Å². The molecule has 8 heteroatoms. The number of pyridine rings is 1. The molecule has 0 aliphatic rings. The zero-order chi connectivity index (χ0) is 20.3. The molecule has 0 unspecified atom stereocenters. The minimum absolute atomic E-state index is 0.0655. The summed E-state index contributed by atoms with van der Waals surface area (Å²) in [5.41, 5.74) is 6.03. The quantitative estimate of drug-likeness (QED) is 0.634. The zero-order valence-corrected chi connectivity index (χ0v) is 15.9. The number of halogens is 2. The SMILES string of the molecule is COCCN(Cc1ccc(Cl)cc1)c1cc2[nH]cc(C(N)=O)c(=O)c2cc1F. The molecule has 0 spiro atoms. The normalized spacial score (nSPS) is 11.0. The molecule has 0 saturated heterocycles. The summed E-state index contributed by atoms with van der Waals surface area (Å²) < 4.78 is 20.0. The number of hydrogen-bond acceptors (Lipinski definition) is 4. The predicted molar refractivity (Wildman–Crippen MR) is 107 cm³/mol. The number of nitrogens with zero attached hydrogens (tertiary/aromatic N) is 1. The predicted octanol–water partition coefficient (Wildman–Crippen LogP) is 3.07. The van der Waals surface area contributed by atoms with Crippen molar-refractivity contribution in [2.24, 2.45) is 5.73 Å². The highest BCUT2D eigenvalue weighted by Gasteiger charge is 2.17. The number of fused-ring (bicyclic) bond motifs is 1. The van der Waals surface area contributed by atoms with Gasteiger partial charge in [-0.3, -0.25) is 9.59 Å². The Labute approximate surface area is 165 Å². The van der Waals surface area contributed by atoms with Crippen LogP contribution in [0.1, 0.15) is 15.9 Å². The van der Waals surface area contributed by atoms with Gasteiger partial charge in [0.25, 0.3) is 5.91 Å². The highest BCUT2D eigenvalue weighted by atomic mass is 35.5. The first-order valence-corrected chi connectivity index (χ1v) is 8.91. The molecule has 2 aromatic carbocycles. The van der Waals surface area contributed by atoms with Gasteiger partial charge in [0.05, 0.1) is 17.8 Å². The number of primary amides is 1. The van der Waals surface area contributed by atoms with Crippen LogP contribution in [0.3, 0.4) is 0 Å². The molecule has 0 aliphatic carbocycles. The average molecular weight is 404 g/mol. The first-order valence-electron chi connectivity index (χ1n) is 8.53. The molecule has 3 rings (SSSR count). The Bertz CT molecular complexity index is 1070. The smallest absolute Gasteiger partial charge is 0.254 e. The van der Waals surface area contributed by atoms with Crippen LogP contribution in [0.15, 0.2) is 47.4 Å². The Morgan fingerprint density at radius 3 is 2.64 bits per heavy atom. The van der Waals surface area contributed by atoms with E-state index in [-0.39, 0.29) is 10.9 Å². The van der Waals surface area contributed by atoms with Gasteiger partial charge in [-0.15, -0.1) is 0 Å². The van der Waals surface area contributed by atoms with Gasteiger partial charge >= 0.3 is 0 Å². The van der Waals surface area contributed by atoms with Crippen molar-refractivity contribution in [1.82, 2.24) is 4.98 Å². The second kappa shape index (κ2) is 8.41. The standard InChI is InChI=1S/C20H19ClFN3O3/c1-28-7-6-25(11-12-2-4-13(21)5-3-12)18-9-17-14(8-16(18)22)19(26)15(10-24-17)20(23)27/h2-5,8-10H,6-7,11H2,1H3,(H2,23,27)(H,24,26). The van der Waals surface area contributed by atoms with Crippen molar-refractivity contribution < 1.29 is 13.9 Å². The van der Waals surface area contributed by atoms with Crippen LogP contribution in [0.25, 0.3) is 10.9 Å². The second-order valence-electron chi connectivity index (χ2n) is 6.29. The largest absolute Gasteiger partial charge is 0.383 e. The molecule has 1 heterocycles. The number of nitrogens with two attached hydrogens (primary N) is 1. The molecule has 0 atom stereocenters. The van der Waals surface area contributed by atoms with Crippen molar-refractivity contribution in [3.05, 3.63) is 74.8 Å². The summed E-state index contributed by atoms with van der Waals surface area (Å²) in [5, 5.41) is 0.683. The molecular weight excluding hydrogens is 385 g/mol. The van der Waals surface area contributed by atoms with Crippen molar-refractivity contribution in [1.29, 1.82) is 0 Å². The third-order valence-corrected chi connectivity index (χ3v) is 4.66. The van der Waals surface area contributed by atoms with Crippen LogP contribution in [-0.4, -0.2) is 31.2 Å². The van der Waals surface area contributed by atoms with E-state index in [0.717, 1.165) is 11.6 Å². The summed E-state index contributed by atoms with van der Waals surface area (Å²) in [7, 11) is 1.57. The van der Waals surface area contributed by atoms with Crippen LogP contribution in [0.5, 0.6) is 0 Å². The van der Waals surface area contributed by atoms with Gasteiger partial charge in [0, 0.05) is 36.8 Å². The number of anilines is 1. The lowest BCUT2D eigenvalue weighted by atomic mass is 10.1. The number of carbonyl (C=O) groups excluding carboxylic acids is 1. The van der Waals surface area contributed by atoms with E-state index in [0.29, 0.717) is 35.9 Å². The fourth-order valence-electron chi connectivity index (χ4n) is 2.95. The number of methoxy groups -OCH3 is 1. The van der Waals surface area contributed by atoms with Crippen molar-refractivity contribution in [3.8, 4) is 0 Å². The summed E-state index contributed by atoms with van der Waals surface area (Å²) in [6.07, 6.45) is 1.24. The number of amides is 1. The maximum absolute atomic E-state index is 14.9. The summed E-state index contributed by atoms with van der Waals surface area (Å²) in [6.45, 7) is 1.25. The zero-order valence-electron chi connectivity index (χ0n) is 15.2. The van der Waals surface area contributed by atoms with Gasteiger partial charge in [-0.1, -0.05) is 23.7 Å². The van der Waals surface area contributed by atoms with E-state index in [1.165, 1.54) is 6.20 Å². The number of hydrogen-bond donors (Lipinski definition) is 2. The average Bonchev–Trinajstić information content (AvgIpc) is 2.67. The number of nitrogens with one attached hydrogen (secondary N) is 1. The fourth-order valence-corrected chi connectivity index (χ4v) is 3.08. The minimum Gasteiger partial charge on any atom is -0.383 e. The molecule has 1 amide bonds. The highest BCUT2D eigenvalue weighted by Crippen LogP contribution is 2.26. The number of H-pyrrole nitrogens is 1. The fraction of sp³-hybridized carbons (Fsp3) is 0.200. The molecule has 1 aromatic heterocycles. The first-order chi connectivity index (χ1) is 13.4.